The van der Waals surface area contributed by atoms with E-state index in [1.165, 1.54) is 0 Å². The first-order chi connectivity index (χ1) is 8.04. The maximum Gasteiger partial charge on any atom is 0.242 e. The molecule has 3 unspecified atom stereocenters. The van der Waals surface area contributed by atoms with Crippen LogP contribution in [0.15, 0.2) is 0 Å². The van der Waals surface area contributed by atoms with Crippen LogP contribution in [0.5, 0.6) is 0 Å². The van der Waals surface area contributed by atoms with Gasteiger partial charge in [-0.15, -0.1) is 0 Å². The molecular formula is C11H22N4O2. The second kappa shape index (κ2) is 6.56. The standard InChI is InChI=1S/C11H22N4O2/c1-4-12-10(16)8(3)15-11(17)9-6-13-7(2)5-14-9/h7-9,13-14H,4-6H2,1-3H3,(H,12,16)(H,15,17). The van der Waals surface area contributed by atoms with E-state index in [4.69, 9.17) is 0 Å². The van der Waals surface area contributed by atoms with Crippen molar-refractivity contribution in [1.29, 1.82) is 0 Å². The van der Waals surface area contributed by atoms with Gasteiger partial charge in [0, 0.05) is 25.7 Å². The molecule has 3 atom stereocenters. The molecule has 0 radical (unpaired) electrons. The van der Waals surface area contributed by atoms with Crippen molar-refractivity contribution in [2.24, 2.45) is 0 Å². The number of piperazine rings is 1. The van der Waals surface area contributed by atoms with E-state index in [9.17, 15) is 9.59 Å². The first-order valence-electron chi connectivity index (χ1n) is 6.09. The number of likely N-dealkylation sites (N-methyl/N-ethyl adjacent to an activating group) is 1. The molecule has 6 heteroatoms. The lowest BCUT2D eigenvalue weighted by atomic mass is 10.1. The van der Waals surface area contributed by atoms with Crippen LogP contribution in [0.2, 0.25) is 0 Å². The zero-order valence-electron chi connectivity index (χ0n) is 10.7. The molecule has 0 spiro atoms. The van der Waals surface area contributed by atoms with Crippen LogP contribution in [0.3, 0.4) is 0 Å². The SMILES string of the molecule is CCNC(=O)C(C)NC(=O)C1CNC(C)CN1. The Labute approximate surface area is 102 Å². The van der Waals surface area contributed by atoms with Crippen LogP contribution >= 0.6 is 0 Å². The van der Waals surface area contributed by atoms with Crippen molar-refractivity contribution in [3.05, 3.63) is 0 Å². The second-order valence-electron chi connectivity index (χ2n) is 4.39. The number of amides is 2. The van der Waals surface area contributed by atoms with Gasteiger partial charge in [-0.3, -0.25) is 9.59 Å². The van der Waals surface area contributed by atoms with Gasteiger partial charge in [0.1, 0.15) is 6.04 Å². The second-order valence-corrected chi connectivity index (χ2v) is 4.39. The van der Waals surface area contributed by atoms with Crippen molar-refractivity contribution < 1.29 is 9.59 Å². The van der Waals surface area contributed by atoms with Gasteiger partial charge in [-0.2, -0.15) is 0 Å². The molecule has 1 aliphatic heterocycles. The minimum absolute atomic E-state index is 0.136. The summed E-state index contributed by atoms with van der Waals surface area (Å²) < 4.78 is 0. The smallest absolute Gasteiger partial charge is 0.242 e. The van der Waals surface area contributed by atoms with E-state index in [-0.39, 0.29) is 17.9 Å². The summed E-state index contributed by atoms with van der Waals surface area (Å²) in [7, 11) is 0. The summed E-state index contributed by atoms with van der Waals surface area (Å²) in [6, 6.07) is -0.383. The Hall–Kier alpha value is -1.14. The lowest BCUT2D eigenvalue weighted by Gasteiger charge is -2.29. The van der Waals surface area contributed by atoms with Gasteiger partial charge in [-0.05, 0) is 20.8 Å². The Kier molecular flexibility index (Phi) is 5.37. The molecular weight excluding hydrogens is 220 g/mol. The van der Waals surface area contributed by atoms with Crippen molar-refractivity contribution >= 4 is 11.8 Å². The van der Waals surface area contributed by atoms with Crippen molar-refractivity contribution in [3.8, 4) is 0 Å². The first-order valence-corrected chi connectivity index (χ1v) is 6.09. The predicted octanol–water partition coefficient (Wildman–Crippen LogP) is -1.42. The molecule has 2 amide bonds. The van der Waals surface area contributed by atoms with Gasteiger partial charge in [0.05, 0.1) is 6.04 Å². The van der Waals surface area contributed by atoms with Crippen LogP contribution in [0.4, 0.5) is 0 Å². The van der Waals surface area contributed by atoms with E-state index in [0.29, 0.717) is 19.1 Å². The van der Waals surface area contributed by atoms with Gasteiger partial charge in [0.2, 0.25) is 11.8 Å². The highest BCUT2D eigenvalue weighted by molar-refractivity contribution is 5.89. The van der Waals surface area contributed by atoms with Crippen molar-refractivity contribution in [3.63, 3.8) is 0 Å². The molecule has 0 aromatic rings. The van der Waals surface area contributed by atoms with E-state index in [2.05, 4.69) is 28.2 Å². The summed E-state index contributed by atoms with van der Waals surface area (Å²) in [6.45, 7) is 7.50. The van der Waals surface area contributed by atoms with Crippen molar-refractivity contribution in [2.45, 2.75) is 38.9 Å². The molecule has 1 saturated heterocycles. The number of rotatable bonds is 4. The average Bonchev–Trinajstić information content (AvgIpc) is 2.30. The number of hydrogen-bond donors (Lipinski definition) is 4. The zero-order valence-corrected chi connectivity index (χ0v) is 10.7. The molecule has 17 heavy (non-hydrogen) atoms. The van der Waals surface area contributed by atoms with Crippen LogP contribution in [0, 0.1) is 0 Å². The molecule has 0 bridgehead atoms. The number of hydrogen-bond acceptors (Lipinski definition) is 4. The fourth-order valence-corrected chi connectivity index (χ4v) is 1.67. The van der Waals surface area contributed by atoms with E-state index >= 15 is 0 Å². The largest absolute Gasteiger partial charge is 0.355 e. The third-order valence-electron chi connectivity index (χ3n) is 2.76. The topological polar surface area (TPSA) is 82.3 Å². The van der Waals surface area contributed by atoms with Crippen molar-refractivity contribution in [1.82, 2.24) is 21.3 Å². The van der Waals surface area contributed by atoms with Gasteiger partial charge < -0.3 is 21.3 Å². The molecule has 0 saturated carbocycles. The van der Waals surface area contributed by atoms with E-state index in [0.717, 1.165) is 6.54 Å². The predicted molar refractivity (Wildman–Crippen MR) is 65.5 cm³/mol. The lowest BCUT2D eigenvalue weighted by Crippen LogP contribution is -2.60. The minimum Gasteiger partial charge on any atom is -0.355 e. The molecule has 4 N–H and O–H groups in total. The normalized spacial score (nSPS) is 26.1. The molecule has 1 fully saturated rings. The molecule has 0 aromatic heterocycles. The Morgan fingerprint density at radius 3 is 2.59 bits per heavy atom. The van der Waals surface area contributed by atoms with E-state index in [1.807, 2.05) is 6.92 Å². The van der Waals surface area contributed by atoms with E-state index < -0.39 is 6.04 Å². The Balaban J connectivity index is 2.35. The van der Waals surface area contributed by atoms with Gasteiger partial charge in [-0.1, -0.05) is 0 Å². The Morgan fingerprint density at radius 2 is 2.06 bits per heavy atom. The number of nitrogens with one attached hydrogen (secondary N) is 4. The van der Waals surface area contributed by atoms with Crippen LogP contribution in [-0.4, -0.2) is 49.6 Å². The summed E-state index contributed by atoms with van der Waals surface area (Å²) >= 11 is 0. The van der Waals surface area contributed by atoms with E-state index in [1.54, 1.807) is 6.92 Å². The summed E-state index contributed by atoms with van der Waals surface area (Å²) in [6.07, 6.45) is 0. The van der Waals surface area contributed by atoms with Crippen LogP contribution in [-0.2, 0) is 9.59 Å². The van der Waals surface area contributed by atoms with Gasteiger partial charge >= 0.3 is 0 Å². The molecule has 1 aliphatic rings. The summed E-state index contributed by atoms with van der Waals surface area (Å²) in [4.78, 5) is 23.3. The molecule has 1 rings (SSSR count). The van der Waals surface area contributed by atoms with Crippen LogP contribution < -0.4 is 21.3 Å². The highest BCUT2D eigenvalue weighted by atomic mass is 16.2. The average molecular weight is 242 g/mol. The van der Waals surface area contributed by atoms with Crippen LogP contribution in [0.25, 0.3) is 0 Å². The maximum atomic E-state index is 11.8. The zero-order chi connectivity index (χ0) is 12.8. The fraction of sp³-hybridized carbons (Fsp3) is 0.818. The molecule has 98 valence electrons. The summed E-state index contributed by atoms with van der Waals surface area (Å²) in [5.41, 5.74) is 0. The molecule has 0 aliphatic carbocycles. The van der Waals surface area contributed by atoms with Gasteiger partial charge in [0.25, 0.3) is 0 Å². The molecule has 1 heterocycles. The third-order valence-corrected chi connectivity index (χ3v) is 2.76. The van der Waals surface area contributed by atoms with Gasteiger partial charge in [0.15, 0.2) is 0 Å². The highest BCUT2D eigenvalue weighted by Gasteiger charge is 2.25. The monoisotopic (exact) mass is 242 g/mol. The fourth-order valence-electron chi connectivity index (χ4n) is 1.67. The minimum atomic E-state index is -0.497. The van der Waals surface area contributed by atoms with Crippen LogP contribution in [0.1, 0.15) is 20.8 Å². The Bertz CT molecular complexity index is 275. The molecule has 0 aromatic carbocycles. The van der Waals surface area contributed by atoms with Crippen molar-refractivity contribution in [2.75, 3.05) is 19.6 Å². The van der Waals surface area contributed by atoms with Gasteiger partial charge in [-0.25, -0.2) is 0 Å². The number of carbonyl (C=O) groups excluding carboxylic acids is 2. The highest BCUT2D eigenvalue weighted by Crippen LogP contribution is 1.94. The number of carbonyl (C=O) groups is 2. The maximum absolute atomic E-state index is 11.8. The molecule has 6 nitrogen and oxygen atoms in total. The summed E-state index contributed by atoms with van der Waals surface area (Å²) in [5, 5.41) is 11.7. The third kappa shape index (κ3) is 4.32. The first kappa shape index (κ1) is 13.9. The quantitative estimate of drug-likeness (QED) is 0.487. The Morgan fingerprint density at radius 1 is 1.35 bits per heavy atom. The summed E-state index contributed by atoms with van der Waals surface area (Å²) in [5.74, 6) is -0.291. The lowest BCUT2D eigenvalue weighted by molar-refractivity contribution is -0.129.